The summed E-state index contributed by atoms with van der Waals surface area (Å²) in [5, 5.41) is 2.34. The first kappa shape index (κ1) is 29.5. The molecular formula is C35H32BrIN2O5. The van der Waals surface area contributed by atoms with Gasteiger partial charge in [-0.15, -0.1) is 0 Å². The molecule has 3 aromatic carbocycles. The van der Waals surface area contributed by atoms with Gasteiger partial charge in [-0.05, 0) is 159 Å². The third kappa shape index (κ3) is 5.46. The van der Waals surface area contributed by atoms with E-state index < -0.39 is 17.8 Å². The molecule has 4 amide bonds. The lowest BCUT2D eigenvalue weighted by molar-refractivity contribution is -0.122. The summed E-state index contributed by atoms with van der Waals surface area (Å²) in [6.45, 7) is 0.339. The van der Waals surface area contributed by atoms with Gasteiger partial charge in [0.25, 0.3) is 11.8 Å². The Hall–Kier alpha value is -3.18. The number of nitrogens with one attached hydrogen (secondary N) is 1. The third-order valence-electron chi connectivity index (χ3n) is 9.74. The number of hydrogen-bond donors (Lipinski definition) is 1. The van der Waals surface area contributed by atoms with Gasteiger partial charge in [0.05, 0.1) is 17.3 Å². The van der Waals surface area contributed by atoms with Crippen LogP contribution in [0.5, 0.6) is 11.5 Å². The van der Waals surface area contributed by atoms with Crippen molar-refractivity contribution in [2.24, 2.45) is 17.8 Å². The van der Waals surface area contributed by atoms with Gasteiger partial charge in [0, 0.05) is 3.57 Å². The lowest BCUT2D eigenvalue weighted by Gasteiger charge is -2.57. The molecule has 4 aliphatic carbocycles. The highest BCUT2D eigenvalue weighted by atomic mass is 127. The zero-order chi connectivity index (χ0) is 30.6. The summed E-state index contributed by atoms with van der Waals surface area (Å²) in [4.78, 5) is 40.5. The number of barbiturate groups is 1. The van der Waals surface area contributed by atoms with Crippen LogP contribution in [0.1, 0.15) is 55.2 Å². The van der Waals surface area contributed by atoms with E-state index in [2.05, 4.69) is 56.0 Å². The molecule has 4 bridgehead atoms. The second-order valence-electron chi connectivity index (χ2n) is 12.7. The van der Waals surface area contributed by atoms with Gasteiger partial charge in [-0.2, -0.15) is 0 Å². The number of anilines is 1. The summed E-state index contributed by atoms with van der Waals surface area (Å²) in [7, 11) is 1.53. The number of rotatable bonds is 7. The van der Waals surface area contributed by atoms with Crippen LogP contribution in [0.25, 0.3) is 6.08 Å². The summed E-state index contributed by atoms with van der Waals surface area (Å²) < 4.78 is 13.4. The topological polar surface area (TPSA) is 84.9 Å². The molecule has 1 N–H and O–H groups in total. The maximum Gasteiger partial charge on any atom is 0.335 e. The zero-order valence-electron chi connectivity index (χ0n) is 24.3. The van der Waals surface area contributed by atoms with E-state index in [0.29, 0.717) is 33.8 Å². The normalized spacial score (nSPS) is 26.7. The van der Waals surface area contributed by atoms with Crippen LogP contribution in [-0.2, 0) is 21.6 Å². The fourth-order valence-electron chi connectivity index (χ4n) is 8.19. The molecule has 8 rings (SSSR count). The number of imide groups is 2. The van der Waals surface area contributed by atoms with Gasteiger partial charge in [-0.1, -0.05) is 24.3 Å². The van der Waals surface area contributed by atoms with Gasteiger partial charge in [0.15, 0.2) is 11.5 Å². The first-order valence-corrected chi connectivity index (χ1v) is 16.9. The maximum absolute atomic E-state index is 13.7. The molecule has 9 heteroatoms. The number of urea groups is 1. The van der Waals surface area contributed by atoms with Crippen LogP contribution in [0, 0.1) is 21.3 Å². The van der Waals surface area contributed by atoms with Crippen LogP contribution in [0.3, 0.4) is 0 Å². The van der Waals surface area contributed by atoms with Crippen LogP contribution in [-0.4, -0.2) is 25.0 Å². The van der Waals surface area contributed by atoms with Crippen molar-refractivity contribution in [3.63, 3.8) is 0 Å². The van der Waals surface area contributed by atoms with E-state index >= 15 is 0 Å². The average molecular weight is 767 g/mol. The molecular weight excluding hydrogens is 735 g/mol. The summed E-state index contributed by atoms with van der Waals surface area (Å²) in [6.07, 6.45) is 9.28. The molecule has 0 atom stereocenters. The van der Waals surface area contributed by atoms with Crippen LogP contribution in [0.4, 0.5) is 10.5 Å². The Kier molecular flexibility index (Phi) is 7.81. The molecule has 3 aromatic rings. The number of nitrogens with zero attached hydrogens (tertiary/aromatic N) is 1. The van der Waals surface area contributed by atoms with Crippen LogP contribution in [0.15, 0.2) is 70.7 Å². The van der Waals surface area contributed by atoms with Crippen molar-refractivity contribution in [1.29, 1.82) is 0 Å². The Morgan fingerprint density at radius 3 is 2.20 bits per heavy atom. The molecule has 7 nitrogen and oxygen atoms in total. The molecule has 0 radical (unpaired) electrons. The average Bonchev–Trinajstić information content (AvgIpc) is 2.99. The maximum atomic E-state index is 13.7. The van der Waals surface area contributed by atoms with E-state index in [9.17, 15) is 14.4 Å². The second-order valence-corrected chi connectivity index (χ2v) is 14.8. The number of hydrogen-bond acceptors (Lipinski definition) is 5. The van der Waals surface area contributed by atoms with E-state index in [1.165, 1.54) is 57.3 Å². The van der Waals surface area contributed by atoms with E-state index in [1.54, 1.807) is 12.1 Å². The molecule has 4 saturated carbocycles. The number of carbonyl (C=O) groups is 3. The molecule has 0 unspecified atom stereocenters. The second kappa shape index (κ2) is 11.6. The monoisotopic (exact) mass is 766 g/mol. The fraction of sp³-hybridized carbons (Fsp3) is 0.343. The summed E-state index contributed by atoms with van der Waals surface area (Å²) in [5.41, 5.74) is 3.36. The molecule has 0 spiro atoms. The van der Waals surface area contributed by atoms with Crippen molar-refractivity contribution in [3.8, 4) is 11.5 Å². The van der Waals surface area contributed by atoms with Gasteiger partial charge in [-0.3, -0.25) is 14.9 Å². The van der Waals surface area contributed by atoms with Crippen LogP contribution >= 0.6 is 38.5 Å². The van der Waals surface area contributed by atoms with Gasteiger partial charge < -0.3 is 9.47 Å². The Morgan fingerprint density at radius 2 is 1.59 bits per heavy atom. The highest BCUT2D eigenvalue weighted by Crippen LogP contribution is 2.60. The largest absolute Gasteiger partial charge is 0.493 e. The van der Waals surface area contributed by atoms with Crippen molar-refractivity contribution in [1.82, 2.24) is 5.32 Å². The number of halogens is 2. The van der Waals surface area contributed by atoms with Gasteiger partial charge >= 0.3 is 6.03 Å². The molecule has 5 fully saturated rings. The number of methoxy groups -OCH3 is 1. The first-order valence-electron chi connectivity index (χ1n) is 15.0. The summed E-state index contributed by atoms with van der Waals surface area (Å²) in [6, 6.07) is 18.6. The van der Waals surface area contributed by atoms with Crippen molar-refractivity contribution in [3.05, 3.63) is 91.0 Å². The van der Waals surface area contributed by atoms with Crippen molar-refractivity contribution >= 4 is 68.1 Å². The molecule has 1 saturated heterocycles. The smallest absolute Gasteiger partial charge is 0.335 e. The molecule has 1 heterocycles. The molecule has 226 valence electrons. The van der Waals surface area contributed by atoms with Gasteiger partial charge in [0.1, 0.15) is 12.2 Å². The third-order valence-corrected chi connectivity index (χ3v) is 11.0. The van der Waals surface area contributed by atoms with Gasteiger partial charge in [-0.25, -0.2) is 9.69 Å². The van der Waals surface area contributed by atoms with Crippen LogP contribution in [0.2, 0.25) is 0 Å². The molecule has 1 aliphatic heterocycles. The Labute approximate surface area is 278 Å². The van der Waals surface area contributed by atoms with E-state index in [1.807, 2.05) is 36.4 Å². The highest BCUT2D eigenvalue weighted by molar-refractivity contribution is 14.1. The van der Waals surface area contributed by atoms with Crippen molar-refractivity contribution in [2.75, 3.05) is 12.0 Å². The number of ether oxygens (including phenoxy) is 2. The Bertz CT molecular complexity index is 1650. The number of benzene rings is 3. The molecule has 0 aromatic heterocycles. The SMILES string of the molecule is COc1cc(/C=C2\C(=O)NC(=O)N(c3ccc(C45CC6CC(CC(C6)C4)C5)cc3)C2=O)cc(Br)c1OCc1ccc(I)cc1. The number of carbonyl (C=O) groups excluding carboxylic acids is 3. The Balaban J connectivity index is 1.13. The predicted octanol–water partition coefficient (Wildman–Crippen LogP) is 7.78. The first-order chi connectivity index (χ1) is 21.2. The predicted molar refractivity (Wildman–Crippen MR) is 179 cm³/mol. The zero-order valence-corrected chi connectivity index (χ0v) is 28.0. The minimum absolute atomic E-state index is 0.142. The number of amides is 4. The van der Waals surface area contributed by atoms with Gasteiger partial charge in [0.2, 0.25) is 0 Å². The summed E-state index contributed by atoms with van der Waals surface area (Å²) in [5.74, 6) is 1.99. The lowest BCUT2D eigenvalue weighted by atomic mass is 9.48. The quantitative estimate of drug-likeness (QED) is 0.151. The fourth-order valence-corrected chi connectivity index (χ4v) is 9.12. The Morgan fingerprint density at radius 1 is 0.955 bits per heavy atom. The lowest BCUT2D eigenvalue weighted by Crippen LogP contribution is -2.54. The minimum Gasteiger partial charge on any atom is -0.493 e. The van der Waals surface area contributed by atoms with Crippen molar-refractivity contribution in [2.45, 2.75) is 50.5 Å². The highest BCUT2D eigenvalue weighted by Gasteiger charge is 2.51. The minimum atomic E-state index is -0.752. The molecule has 44 heavy (non-hydrogen) atoms. The standard InChI is InChI=1S/C35H32BrIN2O5/c1-43-30-15-21(14-29(36)31(30)44-19-20-2-6-26(37)7-3-20)13-28-32(40)38-34(42)39(33(28)41)27-8-4-25(5-9-27)35-16-22-10-23(17-35)12-24(11-22)18-35/h2-9,13-15,22-24H,10-12,16-19H2,1H3,(H,38,40,42)/b28-13+. The summed E-state index contributed by atoms with van der Waals surface area (Å²) >= 11 is 5.81. The van der Waals surface area contributed by atoms with Crippen molar-refractivity contribution < 1.29 is 23.9 Å². The van der Waals surface area contributed by atoms with Crippen LogP contribution < -0.4 is 19.7 Å². The van der Waals surface area contributed by atoms with E-state index in [-0.39, 0.29) is 11.0 Å². The molecule has 5 aliphatic rings. The van der Waals surface area contributed by atoms with E-state index in [4.69, 9.17) is 9.47 Å². The van der Waals surface area contributed by atoms with E-state index in [0.717, 1.165) is 31.8 Å².